The van der Waals surface area contributed by atoms with E-state index in [0.717, 1.165) is 31.2 Å². The summed E-state index contributed by atoms with van der Waals surface area (Å²) in [5, 5.41) is 6.24. The van der Waals surface area contributed by atoms with Crippen LogP contribution >= 0.6 is 0 Å². The van der Waals surface area contributed by atoms with E-state index in [1.54, 1.807) is 12.1 Å². The Bertz CT molecular complexity index is 907. The zero-order valence-electron chi connectivity index (χ0n) is 17.0. The fourth-order valence-corrected chi connectivity index (χ4v) is 3.64. The summed E-state index contributed by atoms with van der Waals surface area (Å²) in [7, 11) is 1.52. The van der Waals surface area contributed by atoms with Crippen LogP contribution in [0.15, 0.2) is 24.4 Å². The van der Waals surface area contributed by atoms with Gasteiger partial charge in [-0.25, -0.2) is 4.98 Å². The van der Waals surface area contributed by atoms with Gasteiger partial charge in [0.1, 0.15) is 11.6 Å². The minimum absolute atomic E-state index is 0.00279. The van der Waals surface area contributed by atoms with E-state index in [4.69, 9.17) is 10.5 Å². The van der Waals surface area contributed by atoms with Crippen molar-refractivity contribution in [3.63, 3.8) is 0 Å². The summed E-state index contributed by atoms with van der Waals surface area (Å²) in [6, 6.07) is 5.83. The van der Waals surface area contributed by atoms with Gasteiger partial charge in [0.15, 0.2) is 0 Å². The number of ether oxygens (including phenoxy) is 1. The number of anilines is 2. The molecule has 4 N–H and O–H groups in total. The number of rotatable bonds is 6. The molecule has 154 valence electrons. The number of hydrogen-bond acceptors (Lipinski definition) is 7. The van der Waals surface area contributed by atoms with Crippen LogP contribution in [0.2, 0.25) is 0 Å². The largest absolute Gasteiger partial charge is 0.496 e. The van der Waals surface area contributed by atoms with Gasteiger partial charge in [-0.1, -0.05) is 11.6 Å². The highest BCUT2D eigenvalue weighted by Gasteiger charge is 2.23. The fraction of sp³-hybridized carbons (Fsp3) is 0.429. The molecule has 0 unspecified atom stereocenters. The van der Waals surface area contributed by atoms with Gasteiger partial charge in [-0.15, -0.1) is 0 Å². The van der Waals surface area contributed by atoms with E-state index < -0.39 is 0 Å². The lowest BCUT2D eigenvalue weighted by Crippen LogP contribution is -2.39. The number of hydrogen-bond donors (Lipinski definition) is 3. The Kier molecular flexibility index (Phi) is 6.31. The SMILES string of the molecule is COc1ccc(C)cc1C(=O)c1cnc(NC2CCC(NC(C)=O)CC2)nc1N. The van der Waals surface area contributed by atoms with Crippen molar-refractivity contribution in [1.29, 1.82) is 0 Å². The van der Waals surface area contributed by atoms with Gasteiger partial charge >= 0.3 is 0 Å². The molecule has 3 rings (SSSR count). The number of nitrogens with two attached hydrogens (primary N) is 1. The normalized spacial score (nSPS) is 18.7. The van der Waals surface area contributed by atoms with Gasteiger partial charge in [-0.2, -0.15) is 4.98 Å². The molecule has 1 fully saturated rings. The minimum Gasteiger partial charge on any atom is -0.496 e. The van der Waals surface area contributed by atoms with Crippen LogP contribution in [0, 0.1) is 6.92 Å². The second-order valence-corrected chi connectivity index (χ2v) is 7.42. The molecule has 1 aromatic carbocycles. The standard InChI is InChI=1S/C21H27N5O3/c1-12-4-9-18(29-3)16(10-12)19(28)17-11-23-21(26-20(17)22)25-15-7-5-14(6-8-15)24-13(2)27/h4,9-11,14-15H,5-8H2,1-3H3,(H,24,27)(H3,22,23,25,26). The average Bonchev–Trinajstić information content (AvgIpc) is 2.69. The first-order valence-corrected chi connectivity index (χ1v) is 9.73. The Morgan fingerprint density at radius 2 is 1.83 bits per heavy atom. The molecule has 1 amide bonds. The lowest BCUT2D eigenvalue weighted by Gasteiger charge is -2.29. The summed E-state index contributed by atoms with van der Waals surface area (Å²) < 4.78 is 5.30. The molecule has 0 atom stereocenters. The van der Waals surface area contributed by atoms with Crippen molar-refractivity contribution in [3.8, 4) is 5.75 Å². The third-order valence-electron chi connectivity index (χ3n) is 5.13. The van der Waals surface area contributed by atoms with Crippen molar-refractivity contribution in [3.05, 3.63) is 41.1 Å². The molecule has 0 radical (unpaired) electrons. The van der Waals surface area contributed by atoms with Gasteiger partial charge in [0.05, 0.1) is 18.2 Å². The van der Waals surface area contributed by atoms with Crippen LogP contribution in [0.25, 0.3) is 0 Å². The van der Waals surface area contributed by atoms with Crippen LogP contribution in [0.3, 0.4) is 0 Å². The highest BCUT2D eigenvalue weighted by molar-refractivity contribution is 6.13. The number of nitrogen functional groups attached to an aromatic ring is 1. The van der Waals surface area contributed by atoms with Gasteiger partial charge in [0.25, 0.3) is 0 Å². The third-order valence-corrected chi connectivity index (χ3v) is 5.13. The Morgan fingerprint density at radius 3 is 2.45 bits per heavy atom. The van der Waals surface area contributed by atoms with Crippen LogP contribution in [-0.2, 0) is 4.79 Å². The maximum absolute atomic E-state index is 12.9. The van der Waals surface area contributed by atoms with Crippen molar-refractivity contribution in [2.75, 3.05) is 18.2 Å². The number of ketones is 1. The zero-order chi connectivity index (χ0) is 21.0. The molecule has 0 spiro atoms. The Morgan fingerprint density at radius 1 is 1.14 bits per heavy atom. The number of carbonyl (C=O) groups excluding carboxylic acids is 2. The molecule has 8 nitrogen and oxygen atoms in total. The van der Waals surface area contributed by atoms with Crippen LogP contribution in [0.4, 0.5) is 11.8 Å². The fourth-order valence-electron chi connectivity index (χ4n) is 3.64. The van der Waals surface area contributed by atoms with Crippen LogP contribution in [0.1, 0.15) is 54.1 Å². The molecule has 0 saturated heterocycles. The maximum Gasteiger partial charge on any atom is 0.224 e. The molecule has 8 heteroatoms. The number of amides is 1. The van der Waals surface area contributed by atoms with Crippen molar-refractivity contribution in [2.24, 2.45) is 0 Å². The van der Waals surface area contributed by atoms with E-state index in [9.17, 15) is 9.59 Å². The van der Waals surface area contributed by atoms with Crippen molar-refractivity contribution in [1.82, 2.24) is 15.3 Å². The topological polar surface area (TPSA) is 119 Å². The van der Waals surface area contributed by atoms with Gasteiger partial charge in [0, 0.05) is 25.2 Å². The van der Waals surface area contributed by atoms with E-state index in [2.05, 4.69) is 20.6 Å². The summed E-state index contributed by atoms with van der Waals surface area (Å²) in [6.07, 6.45) is 5.05. The summed E-state index contributed by atoms with van der Waals surface area (Å²) in [5.41, 5.74) is 7.69. The second kappa shape index (κ2) is 8.89. The molecule has 0 bridgehead atoms. The van der Waals surface area contributed by atoms with E-state index in [1.165, 1.54) is 20.2 Å². The predicted molar refractivity (Wildman–Crippen MR) is 111 cm³/mol. The number of benzene rings is 1. The highest BCUT2D eigenvalue weighted by Crippen LogP contribution is 2.26. The first-order chi connectivity index (χ1) is 13.9. The minimum atomic E-state index is -0.273. The Balaban J connectivity index is 1.69. The second-order valence-electron chi connectivity index (χ2n) is 7.42. The number of methoxy groups -OCH3 is 1. The van der Waals surface area contributed by atoms with E-state index in [-0.39, 0.29) is 35.2 Å². The molecular weight excluding hydrogens is 370 g/mol. The van der Waals surface area contributed by atoms with Crippen LogP contribution in [-0.4, -0.2) is 40.9 Å². The number of carbonyl (C=O) groups is 2. The number of nitrogens with one attached hydrogen (secondary N) is 2. The summed E-state index contributed by atoms with van der Waals surface area (Å²) in [4.78, 5) is 32.7. The van der Waals surface area contributed by atoms with E-state index in [0.29, 0.717) is 17.3 Å². The van der Waals surface area contributed by atoms with Crippen molar-refractivity contribution in [2.45, 2.75) is 51.6 Å². The van der Waals surface area contributed by atoms with E-state index >= 15 is 0 Å². The molecule has 1 aromatic heterocycles. The molecule has 0 aliphatic heterocycles. The lowest BCUT2D eigenvalue weighted by molar-refractivity contribution is -0.119. The average molecular weight is 397 g/mol. The van der Waals surface area contributed by atoms with Crippen LogP contribution < -0.4 is 21.1 Å². The number of aryl methyl sites for hydroxylation is 1. The molecule has 1 heterocycles. The molecule has 2 aromatic rings. The maximum atomic E-state index is 12.9. The molecule has 1 saturated carbocycles. The molecule has 1 aliphatic carbocycles. The summed E-state index contributed by atoms with van der Waals surface area (Å²) in [6.45, 7) is 3.44. The first kappa shape index (κ1) is 20.6. The summed E-state index contributed by atoms with van der Waals surface area (Å²) >= 11 is 0. The monoisotopic (exact) mass is 397 g/mol. The van der Waals surface area contributed by atoms with Gasteiger partial charge in [-0.3, -0.25) is 9.59 Å². The zero-order valence-corrected chi connectivity index (χ0v) is 17.0. The van der Waals surface area contributed by atoms with Crippen molar-refractivity contribution >= 4 is 23.5 Å². The Hall–Kier alpha value is -3.16. The van der Waals surface area contributed by atoms with Crippen molar-refractivity contribution < 1.29 is 14.3 Å². The number of nitrogens with zero attached hydrogens (tertiary/aromatic N) is 2. The van der Waals surface area contributed by atoms with E-state index in [1.807, 2.05) is 13.0 Å². The summed E-state index contributed by atoms with van der Waals surface area (Å²) in [5.74, 6) is 0.743. The molecule has 1 aliphatic rings. The quantitative estimate of drug-likeness (QED) is 0.641. The van der Waals surface area contributed by atoms with Crippen LogP contribution in [0.5, 0.6) is 5.75 Å². The Labute approximate surface area is 170 Å². The highest BCUT2D eigenvalue weighted by atomic mass is 16.5. The third kappa shape index (κ3) is 5.01. The number of aromatic nitrogens is 2. The lowest BCUT2D eigenvalue weighted by atomic mass is 9.91. The van der Waals surface area contributed by atoms with Gasteiger partial charge in [0.2, 0.25) is 17.6 Å². The smallest absolute Gasteiger partial charge is 0.224 e. The van der Waals surface area contributed by atoms with Gasteiger partial charge in [-0.05, 0) is 44.7 Å². The molecule has 29 heavy (non-hydrogen) atoms. The van der Waals surface area contributed by atoms with Gasteiger partial charge < -0.3 is 21.1 Å². The first-order valence-electron chi connectivity index (χ1n) is 9.73. The predicted octanol–water partition coefficient (Wildman–Crippen LogP) is 2.47. The molecular formula is C21H27N5O3.